The lowest BCUT2D eigenvalue weighted by Gasteiger charge is -2.19. The smallest absolute Gasteiger partial charge is 0.124 e. The van der Waals surface area contributed by atoms with E-state index >= 15 is 0 Å². The summed E-state index contributed by atoms with van der Waals surface area (Å²) in [7, 11) is 0. The van der Waals surface area contributed by atoms with Crippen LogP contribution in [0.25, 0.3) is 0 Å². The van der Waals surface area contributed by atoms with Gasteiger partial charge in [-0.25, -0.2) is 4.39 Å². The second-order valence-electron chi connectivity index (χ2n) is 3.49. The van der Waals surface area contributed by atoms with Crippen LogP contribution < -0.4 is 5.73 Å². The molecule has 0 spiro atoms. The Hall–Kier alpha value is -0.310. The molecule has 1 atom stereocenters. The minimum absolute atomic E-state index is 0.0471. The van der Waals surface area contributed by atoms with E-state index in [9.17, 15) is 4.39 Å². The van der Waals surface area contributed by atoms with Crippen LogP contribution in [0.15, 0.2) is 18.2 Å². The molecule has 0 bridgehead atoms. The van der Waals surface area contributed by atoms with Gasteiger partial charge in [0.05, 0.1) is 0 Å². The molecule has 0 radical (unpaired) electrons. The van der Waals surface area contributed by atoms with Gasteiger partial charge in [-0.1, -0.05) is 29.3 Å². The third-order valence-corrected chi connectivity index (χ3v) is 2.74. The van der Waals surface area contributed by atoms with Gasteiger partial charge in [-0.3, -0.25) is 0 Å². The lowest BCUT2D eigenvalue weighted by molar-refractivity contribution is 0.200. The Morgan fingerprint density at radius 3 is 2.29 bits per heavy atom. The van der Waals surface area contributed by atoms with Crippen LogP contribution in [0.2, 0.25) is 10.0 Å². The Bertz CT molecular complexity index is 306. The first-order chi connectivity index (χ1) is 6.46. The van der Waals surface area contributed by atoms with Crippen molar-refractivity contribution >= 4 is 23.2 Å². The fourth-order valence-electron chi connectivity index (χ4n) is 1.14. The largest absolute Gasteiger partial charge is 0.328 e. The van der Waals surface area contributed by atoms with E-state index in [4.69, 9.17) is 28.9 Å². The fraction of sp³-hybridized carbons (Fsp3) is 0.400. The first-order valence-electron chi connectivity index (χ1n) is 4.28. The van der Waals surface area contributed by atoms with Crippen LogP contribution in [0, 0.1) is 0 Å². The Morgan fingerprint density at radius 1 is 1.36 bits per heavy atom. The van der Waals surface area contributed by atoms with E-state index in [1.165, 1.54) is 6.92 Å². The van der Waals surface area contributed by atoms with E-state index in [0.29, 0.717) is 15.6 Å². The fourth-order valence-corrected chi connectivity index (χ4v) is 1.67. The number of hydrogen-bond acceptors (Lipinski definition) is 1. The number of benzene rings is 1. The van der Waals surface area contributed by atoms with Crippen LogP contribution in [0.3, 0.4) is 0 Å². The third kappa shape index (κ3) is 2.84. The molecule has 0 amide bonds. The van der Waals surface area contributed by atoms with Crippen LogP contribution in [0.4, 0.5) is 4.39 Å². The number of alkyl halides is 1. The minimum atomic E-state index is -1.46. The molecule has 2 N–H and O–H groups in total. The molecular formula is C10H12Cl2FN. The van der Waals surface area contributed by atoms with Crippen LogP contribution in [-0.4, -0.2) is 12.2 Å². The average molecular weight is 236 g/mol. The highest BCUT2D eigenvalue weighted by atomic mass is 35.5. The zero-order chi connectivity index (χ0) is 10.8. The van der Waals surface area contributed by atoms with Crippen LogP contribution in [-0.2, 0) is 6.42 Å². The summed E-state index contributed by atoms with van der Waals surface area (Å²) in [6, 6.07) is 5.11. The summed E-state index contributed by atoms with van der Waals surface area (Å²) in [6.07, 6.45) is 0.141. The van der Waals surface area contributed by atoms with Crippen molar-refractivity contribution in [3.63, 3.8) is 0 Å². The molecule has 0 aliphatic heterocycles. The molecule has 0 aliphatic carbocycles. The van der Waals surface area contributed by atoms with E-state index in [-0.39, 0.29) is 13.0 Å². The highest BCUT2D eigenvalue weighted by Crippen LogP contribution is 2.29. The zero-order valence-electron chi connectivity index (χ0n) is 7.86. The predicted octanol–water partition coefficient (Wildman–Crippen LogP) is 3.22. The van der Waals surface area contributed by atoms with E-state index in [1.807, 2.05) is 0 Å². The molecule has 0 aliphatic rings. The molecule has 0 saturated carbocycles. The molecule has 0 saturated heterocycles. The van der Waals surface area contributed by atoms with Gasteiger partial charge in [-0.05, 0) is 24.6 Å². The van der Waals surface area contributed by atoms with Crippen molar-refractivity contribution in [3.05, 3.63) is 33.8 Å². The minimum Gasteiger partial charge on any atom is -0.328 e. The lowest BCUT2D eigenvalue weighted by atomic mass is 9.98. The lowest BCUT2D eigenvalue weighted by Crippen LogP contribution is -2.31. The van der Waals surface area contributed by atoms with Crippen molar-refractivity contribution < 1.29 is 4.39 Å². The molecule has 1 aromatic rings. The zero-order valence-corrected chi connectivity index (χ0v) is 9.37. The first kappa shape index (κ1) is 11.8. The van der Waals surface area contributed by atoms with Crippen LogP contribution in [0.1, 0.15) is 12.5 Å². The summed E-state index contributed by atoms with van der Waals surface area (Å²) in [6.45, 7) is 1.39. The average Bonchev–Trinajstić information content (AvgIpc) is 2.12. The van der Waals surface area contributed by atoms with Crippen molar-refractivity contribution in [2.75, 3.05) is 6.54 Å². The Kier molecular flexibility index (Phi) is 3.76. The number of nitrogens with two attached hydrogens (primary N) is 1. The van der Waals surface area contributed by atoms with Gasteiger partial charge in [0.2, 0.25) is 0 Å². The SMILES string of the molecule is CC(F)(CN)Cc1c(Cl)cccc1Cl. The van der Waals surface area contributed by atoms with Crippen LogP contribution in [0.5, 0.6) is 0 Å². The van der Waals surface area contributed by atoms with E-state index < -0.39 is 5.67 Å². The van der Waals surface area contributed by atoms with E-state index in [0.717, 1.165) is 0 Å². The quantitative estimate of drug-likeness (QED) is 0.856. The predicted molar refractivity (Wildman–Crippen MR) is 58.7 cm³/mol. The van der Waals surface area contributed by atoms with Gasteiger partial charge in [0.15, 0.2) is 0 Å². The van der Waals surface area contributed by atoms with Gasteiger partial charge < -0.3 is 5.73 Å². The Labute approximate surface area is 93.0 Å². The second-order valence-corrected chi connectivity index (χ2v) is 4.31. The molecule has 0 fully saturated rings. The first-order valence-corrected chi connectivity index (χ1v) is 5.04. The molecule has 14 heavy (non-hydrogen) atoms. The number of halogens is 3. The highest BCUT2D eigenvalue weighted by Gasteiger charge is 2.24. The summed E-state index contributed by atoms with van der Waals surface area (Å²) in [5.74, 6) is 0. The third-order valence-electron chi connectivity index (χ3n) is 2.03. The molecule has 1 unspecified atom stereocenters. The van der Waals surface area contributed by atoms with E-state index in [2.05, 4.69) is 0 Å². The van der Waals surface area contributed by atoms with Gasteiger partial charge in [0, 0.05) is 23.0 Å². The summed E-state index contributed by atoms with van der Waals surface area (Å²) in [5.41, 5.74) is 4.45. The van der Waals surface area contributed by atoms with Gasteiger partial charge in [0.1, 0.15) is 5.67 Å². The maximum atomic E-state index is 13.6. The highest BCUT2D eigenvalue weighted by molar-refractivity contribution is 6.36. The molecule has 0 heterocycles. The van der Waals surface area contributed by atoms with Crippen molar-refractivity contribution in [2.45, 2.75) is 19.0 Å². The Balaban J connectivity index is 2.97. The summed E-state index contributed by atoms with van der Waals surface area (Å²) < 4.78 is 13.6. The topological polar surface area (TPSA) is 26.0 Å². The maximum absolute atomic E-state index is 13.6. The number of hydrogen-bond donors (Lipinski definition) is 1. The number of rotatable bonds is 3. The molecular weight excluding hydrogens is 224 g/mol. The second kappa shape index (κ2) is 4.47. The van der Waals surface area contributed by atoms with Gasteiger partial charge in [-0.15, -0.1) is 0 Å². The molecule has 78 valence electrons. The monoisotopic (exact) mass is 235 g/mol. The molecule has 1 nitrogen and oxygen atoms in total. The van der Waals surface area contributed by atoms with Crippen molar-refractivity contribution in [1.29, 1.82) is 0 Å². The van der Waals surface area contributed by atoms with Gasteiger partial charge >= 0.3 is 0 Å². The van der Waals surface area contributed by atoms with Crippen molar-refractivity contribution in [1.82, 2.24) is 0 Å². The standard InChI is InChI=1S/C10H12Cl2FN/c1-10(13,6-14)5-7-8(11)3-2-4-9(7)12/h2-4H,5-6,14H2,1H3. The molecule has 1 aromatic carbocycles. The van der Waals surface area contributed by atoms with Crippen LogP contribution >= 0.6 is 23.2 Å². The molecule has 0 aromatic heterocycles. The van der Waals surface area contributed by atoms with Crippen molar-refractivity contribution in [3.8, 4) is 0 Å². The normalized spacial score (nSPS) is 15.2. The molecule has 1 rings (SSSR count). The van der Waals surface area contributed by atoms with Gasteiger partial charge in [0.25, 0.3) is 0 Å². The maximum Gasteiger partial charge on any atom is 0.124 e. The molecule has 4 heteroatoms. The van der Waals surface area contributed by atoms with E-state index in [1.54, 1.807) is 18.2 Å². The Morgan fingerprint density at radius 2 is 1.86 bits per heavy atom. The van der Waals surface area contributed by atoms with Gasteiger partial charge in [-0.2, -0.15) is 0 Å². The summed E-state index contributed by atoms with van der Waals surface area (Å²) in [5, 5.41) is 0.963. The summed E-state index contributed by atoms with van der Waals surface area (Å²) in [4.78, 5) is 0. The van der Waals surface area contributed by atoms with Crippen molar-refractivity contribution in [2.24, 2.45) is 5.73 Å². The summed E-state index contributed by atoms with van der Waals surface area (Å²) >= 11 is 11.8.